The number of carbonyl (C=O) groups is 1. The first-order valence-corrected chi connectivity index (χ1v) is 8.02. The molecule has 0 unspecified atom stereocenters. The minimum Gasteiger partial charge on any atom is -0.504 e. The van der Waals surface area contributed by atoms with Crippen LogP contribution in [0, 0.1) is 0 Å². The lowest BCUT2D eigenvalue weighted by atomic mass is 10.1. The van der Waals surface area contributed by atoms with Crippen LogP contribution in [0.5, 0.6) is 11.5 Å². The van der Waals surface area contributed by atoms with E-state index in [4.69, 9.17) is 5.73 Å². The van der Waals surface area contributed by atoms with Crippen molar-refractivity contribution in [3.05, 3.63) is 59.0 Å². The third-order valence-electron chi connectivity index (χ3n) is 3.49. The number of hydrogen-bond donors (Lipinski definition) is 4. The number of thiazole rings is 1. The number of phenols is 2. The lowest BCUT2D eigenvalue weighted by Crippen LogP contribution is -2.15. The van der Waals surface area contributed by atoms with E-state index in [1.807, 2.05) is 17.5 Å². The quantitative estimate of drug-likeness (QED) is 0.534. The predicted octanol–water partition coefficient (Wildman–Crippen LogP) is 2.93. The van der Waals surface area contributed by atoms with Gasteiger partial charge in [0.15, 0.2) is 16.6 Å². The zero-order valence-electron chi connectivity index (χ0n) is 12.6. The summed E-state index contributed by atoms with van der Waals surface area (Å²) in [5, 5.41) is 24.6. The maximum absolute atomic E-state index is 11.4. The Morgan fingerprint density at radius 3 is 2.71 bits per heavy atom. The number of aromatic nitrogens is 1. The van der Waals surface area contributed by atoms with Gasteiger partial charge in [-0.25, -0.2) is 4.98 Å². The van der Waals surface area contributed by atoms with Crippen molar-refractivity contribution in [3.8, 4) is 22.8 Å². The molecule has 5 N–H and O–H groups in total. The van der Waals surface area contributed by atoms with Crippen LogP contribution in [0.15, 0.2) is 47.8 Å². The first-order chi connectivity index (χ1) is 11.5. The van der Waals surface area contributed by atoms with Crippen LogP contribution < -0.4 is 11.1 Å². The first kappa shape index (κ1) is 15.8. The van der Waals surface area contributed by atoms with E-state index in [9.17, 15) is 15.0 Å². The minimum absolute atomic E-state index is 0.171. The number of anilines is 1. The minimum atomic E-state index is -0.466. The second-order valence-electron chi connectivity index (χ2n) is 5.12. The zero-order valence-corrected chi connectivity index (χ0v) is 13.4. The summed E-state index contributed by atoms with van der Waals surface area (Å²) in [6, 6.07) is 11.7. The summed E-state index contributed by atoms with van der Waals surface area (Å²) in [6.07, 6.45) is 0. The number of nitrogens with zero attached hydrogens (tertiary/aromatic N) is 1. The molecule has 1 amide bonds. The molecule has 7 heteroatoms. The van der Waals surface area contributed by atoms with Gasteiger partial charge in [0.1, 0.15) is 0 Å². The van der Waals surface area contributed by atoms with Crippen LogP contribution in [-0.2, 0) is 6.54 Å². The fourth-order valence-corrected chi connectivity index (χ4v) is 2.97. The highest BCUT2D eigenvalue weighted by Crippen LogP contribution is 2.32. The molecule has 0 saturated carbocycles. The Bertz CT molecular complexity index is 892. The second kappa shape index (κ2) is 6.59. The van der Waals surface area contributed by atoms with E-state index in [0.29, 0.717) is 28.5 Å². The molecule has 0 aliphatic heterocycles. The average Bonchev–Trinajstić information content (AvgIpc) is 3.04. The molecule has 122 valence electrons. The number of carbonyl (C=O) groups excluding carboxylic acids is 1. The molecule has 1 aromatic heterocycles. The van der Waals surface area contributed by atoms with Crippen LogP contribution in [0.3, 0.4) is 0 Å². The topological polar surface area (TPSA) is 108 Å². The number of benzene rings is 2. The molecule has 0 bridgehead atoms. The Morgan fingerprint density at radius 2 is 1.96 bits per heavy atom. The maximum Gasteiger partial charge on any atom is 0.249 e. The molecule has 1 heterocycles. The fourth-order valence-electron chi connectivity index (χ4n) is 2.26. The van der Waals surface area contributed by atoms with Crippen molar-refractivity contribution in [2.75, 3.05) is 5.32 Å². The maximum atomic E-state index is 11.4. The predicted molar refractivity (Wildman–Crippen MR) is 93.2 cm³/mol. The Kier molecular flexibility index (Phi) is 4.35. The van der Waals surface area contributed by atoms with Gasteiger partial charge in [-0.1, -0.05) is 18.2 Å². The number of phenolic OH excluding ortho intramolecular Hbond substituents is 2. The van der Waals surface area contributed by atoms with Crippen molar-refractivity contribution >= 4 is 22.4 Å². The van der Waals surface area contributed by atoms with Crippen molar-refractivity contribution in [3.63, 3.8) is 0 Å². The highest BCUT2D eigenvalue weighted by molar-refractivity contribution is 7.14. The molecule has 3 aromatic rings. The zero-order chi connectivity index (χ0) is 17.1. The van der Waals surface area contributed by atoms with Gasteiger partial charge in [-0.2, -0.15) is 0 Å². The van der Waals surface area contributed by atoms with Crippen molar-refractivity contribution in [2.45, 2.75) is 6.54 Å². The van der Waals surface area contributed by atoms with Gasteiger partial charge < -0.3 is 21.3 Å². The molecule has 0 aliphatic rings. The van der Waals surface area contributed by atoms with Crippen LogP contribution >= 0.6 is 11.3 Å². The standard InChI is InChI=1S/C17H15N3O3S/c18-16(23)12-4-2-1-3-11(12)8-19-17-20-13(9-24-17)10-5-6-14(21)15(22)7-10/h1-7,9,21-22H,8H2,(H2,18,23)(H,19,20). The fraction of sp³-hybridized carbons (Fsp3) is 0.0588. The molecular formula is C17H15N3O3S. The Balaban J connectivity index is 1.75. The number of amides is 1. The third kappa shape index (κ3) is 3.31. The number of nitrogens with one attached hydrogen (secondary N) is 1. The van der Waals surface area contributed by atoms with E-state index in [0.717, 1.165) is 5.56 Å². The molecule has 3 rings (SSSR count). The third-order valence-corrected chi connectivity index (χ3v) is 4.29. The van der Waals surface area contributed by atoms with Gasteiger partial charge in [-0.3, -0.25) is 4.79 Å². The van der Waals surface area contributed by atoms with Crippen molar-refractivity contribution in [2.24, 2.45) is 5.73 Å². The van der Waals surface area contributed by atoms with Gasteiger partial charge in [0, 0.05) is 23.1 Å². The van der Waals surface area contributed by atoms with E-state index >= 15 is 0 Å². The van der Waals surface area contributed by atoms with Gasteiger partial charge in [0.25, 0.3) is 0 Å². The summed E-state index contributed by atoms with van der Waals surface area (Å²) in [5.41, 5.74) is 8.02. The van der Waals surface area contributed by atoms with Crippen LogP contribution in [-0.4, -0.2) is 21.1 Å². The summed E-state index contributed by atoms with van der Waals surface area (Å²) < 4.78 is 0. The highest BCUT2D eigenvalue weighted by atomic mass is 32.1. The van der Waals surface area contributed by atoms with Crippen LogP contribution in [0.25, 0.3) is 11.3 Å². The number of rotatable bonds is 5. The van der Waals surface area contributed by atoms with Crippen LogP contribution in [0.4, 0.5) is 5.13 Å². The first-order valence-electron chi connectivity index (χ1n) is 7.14. The summed E-state index contributed by atoms with van der Waals surface area (Å²) in [6.45, 7) is 0.424. The number of primary amides is 1. The van der Waals surface area contributed by atoms with Crippen molar-refractivity contribution < 1.29 is 15.0 Å². The molecule has 6 nitrogen and oxygen atoms in total. The largest absolute Gasteiger partial charge is 0.504 e. The van der Waals surface area contributed by atoms with Gasteiger partial charge >= 0.3 is 0 Å². The van der Waals surface area contributed by atoms with E-state index in [1.165, 1.54) is 23.5 Å². The van der Waals surface area contributed by atoms with Gasteiger partial charge in [-0.15, -0.1) is 11.3 Å². The SMILES string of the molecule is NC(=O)c1ccccc1CNc1nc(-c2ccc(O)c(O)c2)cs1. The van der Waals surface area contributed by atoms with Crippen LogP contribution in [0.1, 0.15) is 15.9 Å². The summed E-state index contributed by atoms with van der Waals surface area (Å²) in [5.74, 6) is -0.826. The van der Waals surface area contributed by atoms with E-state index < -0.39 is 5.91 Å². The monoisotopic (exact) mass is 341 g/mol. The molecule has 0 spiro atoms. The Morgan fingerprint density at radius 1 is 1.17 bits per heavy atom. The summed E-state index contributed by atoms with van der Waals surface area (Å²) in [4.78, 5) is 15.9. The molecule has 2 aromatic carbocycles. The van der Waals surface area contributed by atoms with Crippen molar-refractivity contribution in [1.82, 2.24) is 4.98 Å². The Hall–Kier alpha value is -3.06. The summed E-state index contributed by atoms with van der Waals surface area (Å²) >= 11 is 1.41. The lowest BCUT2D eigenvalue weighted by Gasteiger charge is -2.07. The van der Waals surface area contributed by atoms with E-state index in [1.54, 1.807) is 18.2 Å². The van der Waals surface area contributed by atoms with Gasteiger partial charge in [0.05, 0.1) is 5.69 Å². The molecule has 0 radical (unpaired) electrons. The van der Waals surface area contributed by atoms with E-state index in [2.05, 4.69) is 10.3 Å². The van der Waals surface area contributed by atoms with Crippen molar-refractivity contribution in [1.29, 1.82) is 0 Å². The molecular weight excluding hydrogens is 326 g/mol. The van der Waals surface area contributed by atoms with Gasteiger partial charge in [0.2, 0.25) is 5.91 Å². The lowest BCUT2D eigenvalue weighted by molar-refractivity contribution is 0.0999. The molecule has 0 fully saturated rings. The van der Waals surface area contributed by atoms with Crippen LogP contribution in [0.2, 0.25) is 0 Å². The van der Waals surface area contributed by atoms with Gasteiger partial charge in [-0.05, 0) is 29.8 Å². The second-order valence-corrected chi connectivity index (χ2v) is 5.97. The molecule has 0 saturated heterocycles. The average molecular weight is 341 g/mol. The highest BCUT2D eigenvalue weighted by Gasteiger charge is 2.10. The molecule has 0 aliphatic carbocycles. The number of hydrogen-bond acceptors (Lipinski definition) is 6. The number of aromatic hydroxyl groups is 2. The van der Waals surface area contributed by atoms with E-state index in [-0.39, 0.29) is 11.5 Å². The molecule has 24 heavy (non-hydrogen) atoms. The smallest absolute Gasteiger partial charge is 0.249 e. The summed E-state index contributed by atoms with van der Waals surface area (Å²) in [7, 11) is 0. The number of nitrogens with two attached hydrogens (primary N) is 1. The molecule has 0 atom stereocenters. The normalized spacial score (nSPS) is 10.5. The Labute approximate surface area is 142 Å².